The molecule has 1 unspecified atom stereocenters. The van der Waals surface area contributed by atoms with Crippen LogP contribution in [0, 0.1) is 0 Å². The molecule has 0 radical (unpaired) electrons. The van der Waals surface area contributed by atoms with Gasteiger partial charge in [0.05, 0.1) is 24.4 Å². The number of nitrogens with zero attached hydrogens (tertiary/aromatic N) is 1. The summed E-state index contributed by atoms with van der Waals surface area (Å²) in [5.41, 5.74) is 2.12. The van der Waals surface area contributed by atoms with Crippen molar-refractivity contribution in [3.05, 3.63) is 65.4 Å². The molecule has 160 valence electrons. The van der Waals surface area contributed by atoms with E-state index in [-0.39, 0.29) is 13.2 Å². The van der Waals surface area contributed by atoms with Crippen LogP contribution in [0.2, 0.25) is 0 Å². The molecule has 0 saturated heterocycles. The zero-order valence-corrected chi connectivity index (χ0v) is 17.8. The zero-order valence-electron chi connectivity index (χ0n) is 17.0. The molecular weight excluding hydrogens is 418 g/mol. The fourth-order valence-corrected chi connectivity index (χ4v) is 3.95. The molecule has 0 fully saturated rings. The first-order chi connectivity index (χ1) is 15.0. The highest BCUT2D eigenvalue weighted by molar-refractivity contribution is 7.98. The zero-order chi connectivity index (χ0) is 22.0. The van der Waals surface area contributed by atoms with Gasteiger partial charge in [0.25, 0.3) is 0 Å². The summed E-state index contributed by atoms with van der Waals surface area (Å²) in [4.78, 5) is 40.2. The van der Waals surface area contributed by atoms with Gasteiger partial charge in [-0.1, -0.05) is 12.1 Å². The van der Waals surface area contributed by atoms with E-state index in [9.17, 15) is 14.4 Å². The average molecular weight is 439 g/mol. The third-order valence-corrected chi connectivity index (χ3v) is 5.87. The van der Waals surface area contributed by atoms with E-state index in [1.54, 1.807) is 43.1 Å². The van der Waals surface area contributed by atoms with Crippen molar-refractivity contribution < 1.29 is 23.9 Å². The number of methoxy groups -OCH3 is 1. The molecule has 8 nitrogen and oxygen atoms in total. The summed E-state index contributed by atoms with van der Waals surface area (Å²) in [6.45, 7) is -0.289. The summed E-state index contributed by atoms with van der Waals surface area (Å²) in [6.07, 6.45) is 1.97. The topological polar surface area (TPSA) is 97.0 Å². The average Bonchev–Trinajstić information content (AvgIpc) is 3.17. The van der Waals surface area contributed by atoms with Crippen LogP contribution >= 0.6 is 11.8 Å². The van der Waals surface area contributed by atoms with Gasteiger partial charge in [-0.25, -0.2) is 9.59 Å². The minimum atomic E-state index is -0.616. The molecule has 0 spiro atoms. The quantitative estimate of drug-likeness (QED) is 0.531. The maximum absolute atomic E-state index is 12.8. The van der Waals surface area contributed by atoms with E-state index in [0.717, 1.165) is 10.5 Å². The number of carbonyl (C=O) groups is 3. The van der Waals surface area contributed by atoms with Crippen LogP contribution in [0.1, 0.15) is 11.6 Å². The molecule has 2 heterocycles. The number of nitrogens with one attached hydrogen (secondary N) is 2. The first kappa shape index (κ1) is 20.8. The fourth-order valence-electron chi connectivity index (χ4n) is 3.54. The molecule has 4 rings (SSSR count). The molecule has 0 aliphatic carbocycles. The summed E-state index contributed by atoms with van der Waals surface area (Å²) in [6, 6.07) is 13.4. The van der Waals surface area contributed by atoms with E-state index in [2.05, 4.69) is 10.6 Å². The Balaban J connectivity index is 1.55. The molecule has 0 aromatic heterocycles. The molecule has 2 aliphatic heterocycles. The van der Waals surface area contributed by atoms with Crippen molar-refractivity contribution in [3.63, 3.8) is 0 Å². The Morgan fingerprint density at radius 3 is 2.55 bits per heavy atom. The van der Waals surface area contributed by atoms with Gasteiger partial charge in [0.15, 0.2) is 0 Å². The van der Waals surface area contributed by atoms with Crippen LogP contribution in [0.15, 0.2) is 64.7 Å². The van der Waals surface area contributed by atoms with Crippen LogP contribution < -0.4 is 15.4 Å². The predicted octanol–water partition coefficient (Wildman–Crippen LogP) is 2.93. The van der Waals surface area contributed by atoms with E-state index in [1.807, 2.05) is 30.5 Å². The van der Waals surface area contributed by atoms with Gasteiger partial charge in [0, 0.05) is 10.6 Å². The number of rotatable bonds is 6. The number of hydrogen-bond donors (Lipinski definition) is 2. The number of carbonyl (C=O) groups excluding carboxylic acids is 3. The Hall–Kier alpha value is -3.46. The number of anilines is 1. The highest BCUT2D eigenvalue weighted by Gasteiger charge is 2.42. The lowest BCUT2D eigenvalue weighted by molar-refractivity contribution is -0.136. The SMILES string of the molecule is COc1ccc(NC(=O)CN2C(=O)NC(c3ccc(SC)cc3)C3=C2COC3=O)cc1. The Labute approximate surface area is 183 Å². The van der Waals surface area contributed by atoms with Gasteiger partial charge in [-0.05, 0) is 48.2 Å². The second kappa shape index (κ2) is 8.73. The monoisotopic (exact) mass is 439 g/mol. The van der Waals surface area contributed by atoms with Crippen LogP contribution in [0.5, 0.6) is 5.75 Å². The molecule has 1 atom stereocenters. The predicted molar refractivity (Wildman–Crippen MR) is 116 cm³/mol. The highest BCUT2D eigenvalue weighted by Crippen LogP contribution is 2.35. The van der Waals surface area contributed by atoms with Gasteiger partial charge in [0.1, 0.15) is 18.9 Å². The van der Waals surface area contributed by atoms with Crippen molar-refractivity contribution in [2.24, 2.45) is 0 Å². The van der Waals surface area contributed by atoms with Crippen molar-refractivity contribution in [1.29, 1.82) is 0 Å². The summed E-state index contributed by atoms with van der Waals surface area (Å²) in [5.74, 6) is -0.217. The molecule has 0 saturated carbocycles. The smallest absolute Gasteiger partial charge is 0.338 e. The van der Waals surface area contributed by atoms with Crippen molar-refractivity contribution in [1.82, 2.24) is 10.2 Å². The molecular formula is C22H21N3O5S. The number of ether oxygens (including phenoxy) is 2. The first-order valence-electron chi connectivity index (χ1n) is 9.56. The van der Waals surface area contributed by atoms with E-state index >= 15 is 0 Å². The number of thioether (sulfide) groups is 1. The van der Waals surface area contributed by atoms with Gasteiger partial charge in [-0.3, -0.25) is 9.69 Å². The molecule has 2 aliphatic rings. The molecule has 31 heavy (non-hydrogen) atoms. The maximum atomic E-state index is 12.8. The molecule has 9 heteroatoms. The Morgan fingerprint density at radius 1 is 1.19 bits per heavy atom. The van der Waals surface area contributed by atoms with Crippen molar-refractivity contribution in [2.75, 3.05) is 31.8 Å². The van der Waals surface area contributed by atoms with Crippen LogP contribution in [-0.4, -0.2) is 49.3 Å². The lowest BCUT2D eigenvalue weighted by Gasteiger charge is -2.32. The molecule has 2 N–H and O–H groups in total. The van der Waals surface area contributed by atoms with E-state index in [1.165, 1.54) is 4.90 Å². The third kappa shape index (κ3) is 4.22. The van der Waals surface area contributed by atoms with Crippen LogP contribution in [-0.2, 0) is 14.3 Å². The largest absolute Gasteiger partial charge is 0.497 e. The molecule has 2 aromatic rings. The Kier molecular flexibility index (Phi) is 5.85. The summed E-state index contributed by atoms with van der Waals surface area (Å²) in [5, 5.41) is 5.57. The highest BCUT2D eigenvalue weighted by atomic mass is 32.2. The van der Waals surface area contributed by atoms with Gasteiger partial charge < -0.3 is 20.1 Å². The molecule has 2 aromatic carbocycles. The van der Waals surface area contributed by atoms with Crippen LogP contribution in [0.25, 0.3) is 0 Å². The first-order valence-corrected chi connectivity index (χ1v) is 10.8. The Bertz CT molecular complexity index is 1050. The number of benzene rings is 2. The lowest BCUT2D eigenvalue weighted by Crippen LogP contribution is -2.49. The van der Waals surface area contributed by atoms with E-state index in [4.69, 9.17) is 9.47 Å². The number of cyclic esters (lactones) is 1. The fraction of sp³-hybridized carbons (Fsp3) is 0.227. The van der Waals surface area contributed by atoms with Gasteiger partial charge in [-0.2, -0.15) is 0 Å². The van der Waals surface area contributed by atoms with Crippen LogP contribution in [0.4, 0.5) is 10.5 Å². The van der Waals surface area contributed by atoms with Gasteiger partial charge in [-0.15, -0.1) is 11.8 Å². The number of urea groups is 1. The minimum Gasteiger partial charge on any atom is -0.497 e. The van der Waals surface area contributed by atoms with Crippen molar-refractivity contribution in [3.8, 4) is 5.75 Å². The summed E-state index contributed by atoms with van der Waals surface area (Å²) in [7, 11) is 1.56. The van der Waals surface area contributed by atoms with E-state index < -0.39 is 23.9 Å². The molecule has 0 bridgehead atoms. The second-order valence-electron chi connectivity index (χ2n) is 6.95. The molecule has 3 amide bonds. The standard InChI is InChI=1S/C22H21N3O5S/c1-29-15-7-5-14(6-8-15)23-18(26)11-25-17-12-30-21(27)19(17)20(24-22(25)28)13-3-9-16(31-2)10-4-13/h3-10,20H,11-12H2,1-2H3,(H,23,26)(H,24,28). The minimum absolute atomic E-state index is 0.0448. The number of amides is 3. The normalized spacial score (nSPS) is 17.7. The van der Waals surface area contributed by atoms with Crippen LogP contribution in [0.3, 0.4) is 0 Å². The van der Waals surface area contributed by atoms with Gasteiger partial charge in [0.2, 0.25) is 5.91 Å². The maximum Gasteiger partial charge on any atom is 0.338 e. The third-order valence-electron chi connectivity index (χ3n) is 5.12. The Morgan fingerprint density at radius 2 is 1.90 bits per heavy atom. The second-order valence-corrected chi connectivity index (χ2v) is 7.83. The van der Waals surface area contributed by atoms with Crippen molar-refractivity contribution >= 4 is 35.4 Å². The number of esters is 1. The van der Waals surface area contributed by atoms with Gasteiger partial charge >= 0.3 is 12.0 Å². The summed E-state index contributed by atoms with van der Waals surface area (Å²) >= 11 is 1.60. The lowest BCUT2D eigenvalue weighted by atomic mass is 9.96. The van der Waals surface area contributed by atoms with Crippen molar-refractivity contribution in [2.45, 2.75) is 10.9 Å². The number of hydrogen-bond acceptors (Lipinski definition) is 6. The van der Waals surface area contributed by atoms with E-state index in [0.29, 0.717) is 22.7 Å². The summed E-state index contributed by atoms with van der Waals surface area (Å²) < 4.78 is 10.3.